The SMILES string of the molecule is CCCCN(CC)c1cc(N2CCCC(CO)C2)ncn1. The molecule has 1 aromatic rings. The van der Waals surface area contributed by atoms with Gasteiger partial charge in [-0.15, -0.1) is 0 Å². The van der Waals surface area contributed by atoms with E-state index >= 15 is 0 Å². The van der Waals surface area contributed by atoms with Crippen molar-refractivity contribution in [3.8, 4) is 0 Å². The second-order valence-corrected chi connectivity index (χ2v) is 5.80. The highest BCUT2D eigenvalue weighted by Crippen LogP contribution is 2.23. The Kier molecular flexibility index (Phi) is 6.23. The molecule has 0 saturated carbocycles. The fourth-order valence-corrected chi connectivity index (χ4v) is 2.89. The molecule has 1 aliphatic heterocycles. The maximum atomic E-state index is 9.37. The zero-order valence-corrected chi connectivity index (χ0v) is 13.3. The first kappa shape index (κ1) is 16.0. The molecule has 0 aliphatic carbocycles. The molecule has 0 spiro atoms. The summed E-state index contributed by atoms with van der Waals surface area (Å²) in [5, 5.41) is 9.37. The van der Waals surface area contributed by atoms with Gasteiger partial charge in [0, 0.05) is 38.9 Å². The summed E-state index contributed by atoms with van der Waals surface area (Å²) in [4.78, 5) is 13.5. The Balaban J connectivity index is 2.09. The summed E-state index contributed by atoms with van der Waals surface area (Å²) in [6.07, 6.45) is 6.28. The number of anilines is 2. The summed E-state index contributed by atoms with van der Waals surface area (Å²) in [6.45, 7) is 8.58. The van der Waals surface area contributed by atoms with Crippen molar-refractivity contribution in [1.82, 2.24) is 9.97 Å². The molecule has 118 valence electrons. The fourth-order valence-electron chi connectivity index (χ4n) is 2.89. The van der Waals surface area contributed by atoms with Crippen LogP contribution in [0.1, 0.15) is 39.5 Å². The Morgan fingerprint density at radius 2 is 2.24 bits per heavy atom. The van der Waals surface area contributed by atoms with Gasteiger partial charge in [-0.3, -0.25) is 0 Å². The highest BCUT2D eigenvalue weighted by atomic mass is 16.3. The highest BCUT2D eigenvalue weighted by Gasteiger charge is 2.21. The van der Waals surface area contributed by atoms with Crippen LogP contribution in [0.3, 0.4) is 0 Å². The van der Waals surface area contributed by atoms with Gasteiger partial charge in [0.2, 0.25) is 0 Å². The number of aromatic nitrogens is 2. The van der Waals surface area contributed by atoms with Crippen LogP contribution in [0.5, 0.6) is 0 Å². The molecule has 0 amide bonds. The summed E-state index contributed by atoms with van der Waals surface area (Å²) >= 11 is 0. The topological polar surface area (TPSA) is 52.5 Å². The van der Waals surface area contributed by atoms with Crippen molar-refractivity contribution in [2.45, 2.75) is 39.5 Å². The van der Waals surface area contributed by atoms with Gasteiger partial charge in [-0.2, -0.15) is 0 Å². The minimum absolute atomic E-state index is 0.270. The molecular formula is C16H28N4O. The lowest BCUT2D eigenvalue weighted by molar-refractivity contribution is 0.208. The molecule has 1 unspecified atom stereocenters. The molecule has 1 aromatic heterocycles. The smallest absolute Gasteiger partial charge is 0.134 e. The average Bonchev–Trinajstić information content (AvgIpc) is 2.56. The number of hydrogen-bond donors (Lipinski definition) is 1. The number of nitrogens with zero attached hydrogens (tertiary/aromatic N) is 4. The summed E-state index contributed by atoms with van der Waals surface area (Å²) in [5.41, 5.74) is 0. The van der Waals surface area contributed by atoms with Crippen molar-refractivity contribution >= 4 is 11.6 Å². The van der Waals surface area contributed by atoms with Gasteiger partial charge >= 0.3 is 0 Å². The van der Waals surface area contributed by atoms with Crippen molar-refractivity contribution < 1.29 is 5.11 Å². The predicted octanol–water partition coefficient (Wildman–Crippen LogP) is 2.31. The summed E-state index contributed by atoms with van der Waals surface area (Å²) in [7, 11) is 0. The van der Waals surface area contributed by atoms with Gasteiger partial charge in [0.15, 0.2) is 0 Å². The van der Waals surface area contributed by atoms with Gasteiger partial charge in [-0.05, 0) is 32.1 Å². The van der Waals surface area contributed by atoms with Crippen LogP contribution in [0.25, 0.3) is 0 Å². The molecule has 1 fully saturated rings. The molecule has 0 radical (unpaired) electrons. The highest BCUT2D eigenvalue weighted by molar-refractivity contribution is 5.50. The third-order valence-electron chi connectivity index (χ3n) is 4.23. The number of aliphatic hydroxyl groups is 1. The van der Waals surface area contributed by atoms with Gasteiger partial charge in [-0.25, -0.2) is 9.97 Å². The van der Waals surface area contributed by atoms with E-state index in [1.54, 1.807) is 6.33 Å². The van der Waals surface area contributed by atoms with Crippen molar-refractivity contribution in [3.63, 3.8) is 0 Å². The predicted molar refractivity (Wildman–Crippen MR) is 86.8 cm³/mol. The summed E-state index contributed by atoms with van der Waals surface area (Å²) in [6, 6.07) is 2.10. The molecule has 2 rings (SSSR count). The van der Waals surface area contributed by atoms with E-state index in [1.165, 1.54) is 12.8 Å². The molecule has 1 atom stereocenters. The van der Waals surface area contributed by atoms with E-state index in [9.17, 15) is 5.11 Å². The monoisotopic (exact) mass is 292 g/mol. The van der Waals surface area contributed by atoms with Crippen LogP contribution in [0.15, 0.2) is 12.4 Å². The van der Waals surface area contributed by atoms with Gasteiger partial charge < -0.3 is 14.9 Å². The molecule has 0 aromatic carbocycles. The van der Waals surface area contributed by atoms with Crippen LogP contribution in [-0.4, -0.2) is 47.9 Å². The fraction of sp³-hybridized carbons (Fsp3) is 0.750. The van der Waals surface area contributed by atoms with Gasteiger partial charge in [0.1, 0.15) is 18.0 Å². The Morgan fingerprint density at radius 1 is 1.38 bits per heavy atom. The van der Waals surface area contributed by atoms with E-state index in [-0.39, 0.29) is 6.61 Å². The van der Waals surface area contributed by atoms with Crippen molar-refractivity contribution in [3.05, 3.63) is 12.4 Å². The first-order valence-electron chi connectivity index (χ1n) is 8.21. The number of hydrogen-bond acceptors (Lipinski definition) is 5. The second kappa shape index (κ2) is 8.17. The molecule has 1 aliphatic rings. The van der Waals surface area contributed by atoms with Crippen LogP contribution in [-0.2, 0) is 0 Å². The molecule has 2 heterocycles. The van der Waals surface area contributed by atoms with Gasteiger partial charge in [0.05, 0.1) is 0 Å². The minimum atomic E-state index is 0.270. The van der Waals surface area contributed by atoms with Crippen LogP contribution in [0.4, 0.5) is 11.6 Å². The summed E-state index contributed by atoms with van der Waals surface area (Å²) < 4.78 is 0. The zero-order chi connectivity index (χ0) is 15.1. The van der Waals surface area contributed by atoms with E-state index in [2.05, 4.69) is 39.7 Å². The Labute approximate surface area is 128 Å². The molecule has 5 nitrogen and oxygen atoms in total. The van der Waals surface area contributed by atoms with Crippen molar-refractivity contribution in [2.24, 2.45) is 5.92 Å². The largest absolute Gasteiger partial charge is 0.396 e. The third kappa shape index (κ3) is 4.30. The van der Waals surface area contributed by atoms with Crippen LogP contribution in [0, 0.1) is 5.92 Å². The zero-order valence-electron chi connectivity index (χ0n) is 13.3. The van der Waals surface area contributed by atoms with Crippen LogP contribution < -0.4 is 9.80 Å². The lowest BCUT2D eigenvalue weighted by atomic mass is 9.99. The molecule has 1 N–H and O–H groups in total. The Morgan fingerprint density at radius 3 is 2.95 bits per heavy atom. The minimum Gasteiger partial charge on any atom is -0.396 e. The third-order valence-corrected chi connectivity index (χ3v) is 4.23. The Hall–Kier alpha value is -1.36. The lowest BCUT2D eigenvalue weighted by Gasteiger charge is -2.33. The van der Waals surface area contributed by atoms with Gasteiger partial charge in [0.25, 0.3) is 0 Å². The van der Waals surface area contributed by atoms with E-state index in [4.69, 9.17) is 0 Å². The molecule has 0 bridgehead atoms. The summed E-state index contributed by atoms with van der Waals surface area (Å²) in [5.74, 6) is 2.38. The maximum absolute atomic E-state index is 9.37. The van der Waals surface area contributed by atoms with Gasteiger partial charge in [-0.1, -0.05) is 13.3 Å². The molecular weight excluding hydrogens is 264 g/mol. The van der Waals surface area contributed by atoms with E-state index < -0.39 is 0 Å². The van der Waals surface area contributed by atoms with E-state index in [0.29, 0.717) is 5.92 Å². The first-order valence-corrected chi connectivity index (χ1v) is 8.21. The second-order valence-electron chi connectivity index (χ2n) is 5.80. The van der Waals surface area contributed by atoms with Crippen LogP contribution in [0.2, 0.25) is 0 Å². The molecule has 1 saturated heterocycles. The maximum Gasteiger partial charge on any atom is 0.134 e. The number of piperidine rings is 1. The normalized spacial score (nSPS) is 18.8. The number of rotatable bonds is 7. The van der Waals surface area contributed by atoms with Crippen LogP contribution >= 0.6 is 0 Å². The Bertz CT molecular complexity index is 426. The number of aliphatic hydroxyl groups excluding tert-OH is 1. The van der Waals surface area contributed by atoms with Crippen molar-refractivity contribution in [1.29, 1.82) is 0 Å². The van der Waals surface area contributed by atoms with E-state index in [1.807, 2.05) is 0 Å². The quantitative estimate of drug-likeness (QED) is 0.836. The molecule has 21 heavy (non-hydrogen) atoms. The number of unbranched alkanes of at least 4 members (excludes halogenated alkanes) is 1. The van der Waals surface area contributed by atoms with E-state index in [0.717, 1.165) is 50.7 Å². The first-order chi connectivity index (χ1) is 10.3. The lowest BCUT2D eigenvalue weighted by Crippen LogP contribution is -2.37. The van der Waals surface area contributed by atoms with Crippen molar-refractivity contribution in [2.75, 3.05) is 42.6 Å². The average molecular weight is 292 g/mol. The molecule has 5 heteroatoms. The standard InChI is InChI=1S/C16H28N4O/c1-3-5-8-19(4-2)15-10-16(18-13-17-15)20-9-6-7-14(11-20)12-21/h10,13-14,21H,3-9,11-12H2,1-2H3.